The molecular weight excluding hydrogens is 451 g/mol. The van der Waals surface area contributed by atoms with Crippen LogP contribution < -0.4 is 20.1 Å². The van der Waals surface area contributed by atoms with Crippen LogP contribution in [-0.2, 0) is 16.0 Å². The highest BCUT2D eigenvalue weighted by Gasteiger charge is 2.37. The third-order valence-corrected chi connectivity index (χ3v) is 5.70. The van der Waals surface area contributed by atoms with Gasteiger partial charge in [0.25, 0.3) is 5.91 Å². The van der Waals surface area contributed by atoms with Crippen molar-refractivity contribution in [1.29, 1.82) is 0 Å². The molecule has 3 aromatic rings. The van der Waals surface area contributed by atoms with Gasteiger partial charge in [-0.15, -0.1) is 0 Å². The Morgan fingerprint density at radius 1 is 1.21 bits per heavy atom. The van der Waals surface area contributed by atoms with Crippen molar-refractivity contribution in [2.75, 3.05) is 24.9 Å². The lowest BCUT2D eigenvalue weighted by Gasteiger charge is -2.11. The van der Waals surface area contributed by atoms with E-state index in [0.29, 0.717) is 29.4 Å². The van der Waals surface area contributed by atoms with Crippen molar-refractivity contribution >= 4 is 34.9 Å². The molecule has 0 saturated heterocycles. The molecule has 8 nitrogen and oxygen atoms in total. The smallest absolute Gasteiger partial charge is 0.251 e. The van der Waals surface area contributed by atoms with Crippen LogP contribution in [0.4, 0.5) is 15.9 Å². The van der Waals surface area contributed by atoms with Gasteiger partial charge < -0.3 is 20.1 Å². The highest BCUT2D eigenvalue weighted by molar-refractivity contribution is 6.31. The number of halogens is 2. The van der Waals surface area contributed by atoms with Gasteiger partial charge in [-0.2, -0.15) is 5.10 Å². The van der Waals surface area contributed by atoms with Gasteiger partial charge in [0, 0.05) is 11.3 Å². The molecule has 2 aromatic carbocycles. The molecule has 0 saturated carbocycles. The number of carbonyl (C=O) groups is 2. The summed E-state index contributed by atoms with van der Waals surface area (Å²) in [7, 11) is 3.11. The number of nitrogens with zero attached hydrogens (tertiary/aromatic N) is 2. The normalized spacial score (nSPS) is 14.6. The quantitative estimate of drug-likeness (QED) is 0.530. The van der Waals surface area contributed by atoms with Gasteiger partial charge in [-0.25, -0.2) is 9.07 Å². The van der Waals surface area contributed by atoms with E-state index in [2.05, 4.69) is 15.7 Å². The number of nitrogens with one attached hydrogen (secondary N) is 2. The van der Waals surface area contributed by atoms with Crippen molar-refractivity contribution < 1.29 is 23.5 Å². The fourth-order valence-corrected chi connectivity index (χ4v) is 4.00. The molecule has 172 valence electrons. The lowest BCUT2D eigenvalue weighted by Crippen LogP contribution is -2.24. The van der Waals surface area contributed by atoms with Crippen LogP contribution in [0.3, 0.4) is 0 Å². The SMILES string of the molecule is CCc1nn2c(c1-c1ccc(OC)c(OC)c1)NC(=O)C2CC(=O)Nc1ccc(F)c(Cl)c1. The molecule has 0 bridgehead atoms. The molecule has 1 unspecified atom stereocenters. The Labute approximate surface area is 194 Å². The highest BCUT2D eigenvalue weighted by atomic mass is 35.5. The van der Waals surface area contributed by atoms with Crippen molar-refractivity contribution in [2.45, 2.75) is 25.8 Å². The Kier molecular flexibility index (Phi) is 6.24. The van der Waals surface area contributed by atoms with Crippen molar-refractivity contribution in [3.05, 3.63) is 52.9 Å². The molecular formula is C23H22ClFN4O4. The summed E-state index contributed by atoms with van der Waals surface area (Å²) in [6, 6.07) is 8.52. The molecule has 1 aliphatic heterocycles. The molecule has 1 aliphatic rings. The fourth-order valence-electron chi connectivity index (χ4n) is 3.82. The molecule has 2 heterocycles. The molecule has 2 amide bonds. The number of ether oxygens (including phenoxy) is 2. The van der Waals surface area contributed by atoms with Crippen LogP contribution in [0.25, 0.3) is 11.1 Å². The largest absolute Gasteiger partial charge is 0.493 e. The molecule has 0 fully saturated rings. The Hall–Kier alpha value is -3.59. The topological polar surface area (TPSA) is 94.5 Å². The summed E-state index contributed by atoms with van der Waals surface area (Å²) in [6.45, 7) is 1.96. The predicted molar refractivity (Wildman–Crippen MR) is 122 cm³/mol. The average Bonchev–Trinajstić information content (AvgIpc) is 3.30. The van der Waals surface area contributed by atoms with E-state index in [1.54, 1.807) is 25.0 Å². The number of benzene rings is 2. The first kappa shape index (κ1) is 22.6. The molecule has 2 N–H and O–H groups in total. The van der Waals surface area contributed by atoms with Gasteiger partial charge in [0.05, 0.1) is 31.4 Å². The summed E-state index contributed by atoms with van der Waals surface area (Å²) in [4.78, 5) is 25.3. The van der Waals surface area contributed by atoms with Crippen molar-refractivity contribution in [1.82, 2.24) is 9.78 Å². The van der Waals surface area contributed by atoms with E-state index in [0.717, 1.165) is 22.9 Å². The summed E-state index contributed by atoms with van der Waals surface area (Å²) in [5, 5.41) is 10.0. The molecule has 1 aromatic heterocycles. The van der Waals surface area contributed by atoms with Gasteiger partial charge in [-0.05, 0) is 42.3 Å². The predicted octanol–water partition coefficient (Wildman–Crippen LogP) is 4.44. The van der Waals surface area contributed by atoms with Gasteiger partial charge in [0.15, 0.2) is 11.5 Å². The third kappa shape index (κ3) is 4.23. The molecule has 0 spiro atoms. The van der Waals surface area contributed by atoms with Gasteiger partial charge in [0.2, 0.25) is 5.91 Å². The minimum atomic E-state index is -0.824. The van der Waals surface area contributed by atoms with Crippen LogP contribution in [0.5, 0.6) is 11.5 Å². The molecule has 4 rings (SSSR count). The number of rotatable bonds is 7. The monoisotopic (exact) mass is 472 g/mol. The Morgan fingerprint density at radius 2 is 1.97 bits per heavy atom. The zero-order valence-electron chi connectivity index (χ0n) is 18.2. The van der Waals surface area contributed by atoms with E-state index >= 15 is 0 Å². The second-order valence-electron chi connectivity index (χ2n) is 7.42. The van der Waals surface area contributed by atoms with Crippen LogP contribution in [0.15, 0.2) is 36.4 Å². The third-order valence-electron chi connectivity index (χ3n) is 5.41. The van der Waals surface area contributed by atoms with E-state index in [4.69, 9.17) is 21.1 Å². The summed E-state index contributed by atoms with van der Waals surface area (Å²) in [5.41, 5.74) is 2.68. The van der Waals surface area contributed by atoms with Crippen LogP contribution in [0.1, 0.15) is 25.1 Å². The van der Waals surface area contributed by atoms with E-state index < -0.39 is 17.8 Å². The van der Waals surface area contributed by atoms with Gasteiger partial charge in [-0.1, -0.05) is 24.6 Å². The van der Waals surface area contributed by atoms with E-state index in [1.165, 1.54) is 12.1 Å². The number of aryl methyl sites for hydroxylation is 1. The van der Waals surface area contributed by atoms with Crippen molar-refractivity contribution in [3.8, 4) is 22.6 Å². The minimum absolute atomic E-state index is 0.104. The first-order valence-corrected chi connectivity index (χ1v) is 10.6. The number of fused-ring (bicyclic) bond motifs is 1. The summed E-state index contributed by atoms with van der Waals surface area (Å²) in [6.07, 6.45) is 0.469. The first-order chi connectivity index (χ1) is 15.9. The number of carbonyl (C=O) groups excluding carboxylic acids is 2. The second-order valence-corrected chi connectivity index (χ2v) is 7.83. The van der Waals surface area contributed by atoms with E-state index in [9.17, 15) is 14.0 Å². The zero-order chi connectivity index (χ0) is 23.7. The maximum atomic E-state index is 13.4. The first-order valence-electron chi connectivity index (χ1n) is 10.3. The number of aromatic nitrogens is 2. The number of hydrogen-bond donors (Lipinski definition) is 2. The molecule has 33 heavy (non-hydrogen) atoms. The van der Waals surface area contributed by atoms with Crippen LogP contribution in [-0.4, -0.2) is 35.8 Å². The van der Waals surface area contributed by atoms with Gasteiger partial charge >= 0.3 is 0 Å². The summed E-state index contributed by atoms with van der Waals surface area (Å²) >= 11 is 5.77. The van der Waals surface area contributed by atoms with Crippen LogP contribution >= 0.6 is 11.6 Å². The minimum Gasteiger partial charge on any atom is -0.493 e. The Bertz CT molecular complexity index is 1240. The highest BCUT2D eigenvalue weighted by Crippen LogP contribution is 2.41. The molecule has 0 radical (unpaired) electrons. The maximum absolute atomic E-state index is 13.4. The van der Waals surface area contributed by atoms with Crippen molar-refractivity contribution in [2.24, 2.45) is 0 Å². The van der Waals surface area contributed by atoms with E-state index in [1.807, 2.05) is 19.1 Å². The zero-order valence-corrected chi connectivity index (χ0v) is 19.0. The van der Waals surface area contributed by atoms with Gasteiger partial charge in [0.1, 0.15) is 17.7 Å². The van der Waals surface area contributed by atoms with Gasteiger partial charge in [-0.3, -0.25) is 9.59 Å². The number of anilines is 2. The standard InChI is InChI=1S/C23H22ClFN4O4/c1-4-16-21(12-5-8-18(32-2)19(9-12)33-3)22-27-23(31)17(29(22)28-16)11-20(30)26-13-6-7-15(25)14(24)10-13/h5-10,17H,4,11H2,1-3H3,(H,26,30)(H,27,31). The summed E-state index contributed by atoms with van der Waals surface area (Å²) in [5.74, 6) is 0.311. The second kappa shape index (κ2) is 9.11. The molecule has 0 aliphatic carbocycles. The maximum Gasteiger partial charge on any atom is 0.251 e. The fraction of sp³-hybridized carbons (Fsp3) is 0.261. The lowest BCUT2D eigenvalue weighted by molar-refractivity contribution is -0.123. The summed E-state index contributed by atoms with van der Waals surface area (Å²) < 4.78 is 25.6. The lowest BCUT2D eigenvalue weighted by atomic mass is 10.0. The van der Waals surface area contributed by atoms with Crippen LogP contribution in [0, 0.1) is 5.82 Å². The number of amides is 2. The molecule has 1 atom stereocenters. The van der Waals surface area contributed by atoms with Crippen LogP contribution in [0.2, 0.25) is 5.02 Å². The number of hydrogen-bond acceptors (Lipinski definition) is 5. The molecule has 10 heteroatoms. The average molecular weight is 473 g/mol. The number of methoxy groups -OCH3 is 2. The van der Waals surface area contributed by atoms with E-state index in [-0.39, 0.29) is 17.4 Å². The Balaban J connectivity index is 1.63. The Morgan fingerprint density at radius 3 is 2.64 bits per heavy atom. The van der Waals surface area contributed by atoms with Crippen molar-refractivity contribution in [3.63, 3.8) is 0 Å².